The highest BCUT2D eigenvalue weighted by molar-refractivity contribution is 5.84. The molecule has 0 amide bonds. The maximum absolute atomic E-state index is 12.5. The van der Waals surface area contributed by atoms with E-state index in [4.69, 9.17) is 5.11 Å². The number of hydrogen-bond acceptors (Lipinski definition) is 2. The second-order valence-corrected chi connectivity index (χ2v) is 3.42. The summed E-state index contributed by atoms with van der Waals surface area (Å²) in [4.78, 5) is 14.1. The van der Waals surface area contributed by atoms with Gasteiger partial charge in [0.05, 0.1) is 11.9 Å². The molecule has 13 heavy (non-hydrogen) atoms. The van der Waals surface area contributed by atoms with E-state index in [1.54, 1.807) is 13.8 Å². The third kappa shape index (κ3) is 1.85. The lowest BCUT2D eigenvalue weighted by atomic mass is 10.1. The van der Waals surface area contributed by atoms with Crippen LogP contribution >= 0.6 is 0 Å². The van der Waals surface area contributed by atoms with Crippen LogP contribution in [-0.4, -0.2) is 27.3 Å². The van der Waals surface area contributed by atoms with Crippen LogP contribution in [0.4, 0.5) is 4.39 Å². The number of carboxylic acids is 1. The molecule has 0 spiro atoms. The molecule has 0 aliphatic carbocycles. The summed E-state index contributed by atoms with van der Waals surface area (Å²) in [5.74, 6) is -1.10. The molecule has 4 nitrogen and oxygen atoms in total. The molecule has 0 atom stereocenters. The number of halogens is 1. The molecule has 5 heteroatoms. The lowest BCUT2D eigenvalue weighted by molar-refractivity contribution is 0.0690. The van der Waals surface area contributed by atoms with Crippen LogP contribution < -0.4 is 0 Å². The molecule has 0 unspecified atom stereocenters. The first-order valence-electron chi connectivity index (χ1n) is 3.81. The Bertz CT molecular complexity index is 320. The maximum Gasteiger partial charge on any atom is 0.356 e. The zero-order valence-electron chi connectivity index (χ0n) is 7.49. The number of imidazole rings is 1. The largest absolute Gasteiger partial charge is 0.476 e. The summed E-state index contributed by atoms with van der Waals surface area (Å²) in [5, 5.41) is 8.57. The molecule has 1 heterocycles. The first kappa shape index (κ1) is 9.70. The van der Waals surface area contributed by atoms with Gasteiger partial charge in [0, 0.05) is 6.20 Å². The normalized spacial score (nSPS) is 11.6. The molecule has 0 saturated carbocycles. The highest BCUT2D eigenvalue weighted by Crippen LogP contribution is 2.15. The minimum absolute atomic E-state index is 0.0680. The number of rotatable bonds is 3. The molecule has 1 rings (SSSR count). The van der Waals surface area contributed by atoms with Crippen LogP contribution in [0.15, 0.2) is 12.5 Å². The number of aromatic carboxylic acids is 1. The Morgan fingerprint density at radius 1 is 1.77 bits per heavy atom. The fourth-order valence-electron chi connectivity index (χ4n) is 0.833. The summed E-state index contributed by atoms with van der Waals surface area (Å²) in [7, 11) is 0. The van der Waals surface area contributed by atoms with E-state index in [0.717, 1.165) is 0 Å². The molecular formula is C8H11FN2O2. The van der Waals surface area contributed by atoms with Gasteiger partial charge in [0.1, 0.15) is 6.67 Å². The van der Waals surface area contributed by atoms with Gasteiger partial charge in [0.15, 0.2) is 5.69 Å². The van der Waals surface area contributed by atoms with Crippen LogP contribution in [0.25, 0.3) is 0 Å². The number of carbonyl (C=O) groups is 1. The minimum atomic E-state index is -1.10. The van der Waals surface area contributed by atoms with Crippen molar-refractivity contribution in [3.63, 3.8) is 0 Å². The van der Waals surface area contributed by atoms with Crippen molar-refractivity contribution in [3.05, 3.63) is 18.2 Å². The average Bonchev–Trinajstić information content (AvgIpc) is 2.52. The Morgan fingerprint density at radius 2 is 2.38 bits per heavy atom. The van der Waals surface area contributed by atoms with Gasteiger partial charge in [0.25, 0.3) is 0 Å². The molecule has 1 N–H and O–H groups in total. The third-order valence-electron chi connectivity index (χ3n) is 1.83. The highest BCUT2D eigenvalue weighted by Gasteiger charge is 2.21. The summed E-state index contributed by atoms with van der Waals surface area (Å²) in [6, 6.07) is 0. The van der Waals surface area contributed by atoms with E-state index < -0.39 is 18.2 Å². The maximum atomic E-state index is 12.5. The van der Waals surface area contributed by atoms with Crippen LogP contribution in [0.2, 0.25) is 0 Å². The molecule has 0 saturated heterocycles. The SMILES string of the molecule is CC(C)(CF)n1cnc(C(=O)O)c1. The van der Waals surface area contributed by atoms with Gasteiger partial charge < -0.3 is 9.67 Å². The molecule has 0 aliphatic rings. The fraction of sp³-hybridized carbons (Fsp3) is 0.500. The average molecular weight is 186 g/mol. The fourth-order valence-corrected chi connectivity index (χ4v) is 0.833. The predicted octanol–water partition coefficient (Wildman–Crippen LogP) is 1.29. The zero-order chi connectivity index (χ0) is 10.1. The molecule has 0 aliphatic heterocycles. The van der Waals surface area contributed by atoms with Crippen LogP contribution in [0.1, 0.15) is 24.3 Å². The predicted molar refractivity (Wildman–Crippen MR) is 44.5 cm³/mol. The number of nitrogens with zero attached hydrogens (tertiary/aromatic N) is 2. The summed E-state index contributed by atoms with van der Waals surface area (Å²) >= 11 is 0. The van der Waals surface area contributed by atoms with Crippen LogP contribution in [0.3, 0.4) is 0 Å². The standard InChI is InChI=1S/C8H11FN2O2/c1-8(2,4-9)11-3-6(7(12)13)10-5-11/h3,5H,4H2,1-2H3,(H,12,13). The van der Waals surface area contributed by atoms with Crippen molar-refractivity contribution in [2.24, 2.45) is 0 Å². The van der Waals surface area contributed by atoms with E-state index in [9.17, 15) is 9.18 Å². The summed E-state index contributed by atoms with van der Waals surface area (Å²) in [6.07, 6.45) is 2.64. The van der Waals surface area contributed by atoms with Gasteiger partial charge in [-0.1, -0.05) is 0 Å². The Hall–Kier alpha value is -1.39. The second kappa shape index (κ2) is 3.16. The van der Waals surface area contributed by atoms with E-state index in [2.05, 4.69) is 4.98 Å². The van der Waals surface area contributed by atoms with Crippen molar-refractivity contribution in [1.82, 2.24) is 9.55 Å². The first-order valence-corrected chi connectivity index (χ1v) is 3.81. The summed E-state index contributed by atoms with van der Waals surface area (Å²) in [6.45, 7) is 2.77. The molecular weight excluding hydrogens is 175 g/mol. The van der Waals surface area contributed by atoms with Crippen molar-refractivity contribution >= 4 is 5.97 Å². The Morgan fingerprint density at radius 3 is 2.77 bits per heavy atom. The highest BCUT2D eigenvalue weighted by atomic mass is 19.1. The molecule has 1 aromatic heterocycles. The number of carboxylic acid groups (broad SMARTS) is 1. The molecule has 0 aromatic carbocycles. The first-order chi connectivity index (χ1) is 5.97. The van der Waals surface area contributed by atoms with Gasteiger partial charge in [-0.15, -0.1) is 0 Å². The topological polar surface area (TPSA) is 55.1 Å². The molecule has 72 valence electrons. The smallest absolute Gasteiger partial charge is 0.356 e. The molecule has 0 radical (unpaired) electrons. The number of alkyl halides is 1. The Labute approximate surface area is 75.0 Å². The lowest BCUT2D eigenvalue weighted by Crippen LogP contribution is -2.27. The molecule has 0 fully saturated rings. The van der Waals surface area contributed by atoms with Gasteiger partial charge in [-0.3, -0.25) is 0 Å². The molecule has 0 bridgehead atoms. The van der Waals surface area contributed by atoms with Crippen molar-refractivity contribution in [2.75, 3.05) is 6.67 Å². The van der Waals surface area contributed by atoms with E-state index in [1.807, 2.05) is 0 Å². The summed E-state index contributed by atoms with van der Waals surface area (Å²) in [5.41, 5.74) is -0.803. The summed E-state index contributed by atoms with van der Waals surface area (Å²) < 4.78 is 13.9. The van der Waals surface area contributed by atoms with Crippen LogP contribution in [0.5, 0.6) is 0 Å². The zero-order valence-corrected chi connectivity index (χ0v) is 7.49. The third-order valence-corrected chi connectivity index (χ3v) is 1.83. The minimum Gasteiger partial charge on any atom is -0.476 e. The van der Waals surface area contributed by atoms with Crippen LogP contribution in [-0.2, 0) is 5.54 Å². The van der Waals surface area contributed by atoms with Crippen molar-refractivity contribution in [3.8, 4) is 0 Å². The number of aromatic nitrogens is 2. The lowest BCUT2D eigenvalue weighted by Gasteiger charge is -2.21. The van der Waals surface area contributed by atoms with E-state index in [1.165, 1.54) is 17.1 Å². The van der Waals surface area contributed by atoms with Gasteiger partial charge in [-0.2, -0.15) is 0 Å². The Balaban J connectivity index is 2.98. The monoisotopic (exact) mass is 186 g/mol. The quantitative estimate of drug-likeness (QED) is 0.773. The van der Waals surface area contributed by atoms with Gasteiger partial charge in [-0.05, 0) is 13.8 Å². The van der Waals surface area contributed by atoms with Crippen molar-refractivity contribution in [1.29, 1.82) is 0 Å². The van der Waals surface area contributed by atoms with E-state index in [-0.39, 0.29) is 5.69 Å². The van der Waals surface area contributed by atoms with E-state index in [0.29, 0.717) is 0 Å². The Kier molecular flexibility index (Phi) is 2.36. The van der Waals surface area contributed by atoms with E-state index >= 15 is 0 Å². The number of hydrogen-bond donors (Lipinski definition) is 1. The second-order valence-electron chi connectivity index (χ2n) is 3.42. The van der Waals surface area contributed by atoms with Gasteiger partial charge >= 0.3 is 5.97 Å². The van der Waals surface area contributed by atoms with Crippen LogP contribution in [0, 0.1) is 0 Å². The molecule has 1 aromatic rings. The van der Waals surface area contributed by atoms with Gasteiger partial charge in [0.2, 0.25) is 0 Å². The van der Waals surface area contributed by atoms with Gasteiger partial charge in [-0.25, -0.2) is 14.2 Å². The van der Waals surface area contributed by atoms with Crippen molar-refractivity contribution in [2.45, 2.75) is 19.4 Å². The van der Waals surface area contributed by atoms with Crippen molar-refractivity contribution < 1.29 is 14.3 Å².